The molecule has 0 bridgehead atoms. The Morgan fingerprint density at radius 2 is 1.62 bits per heavy atom. The molecule has 0 aliphatic heterocycles. The number of carbonyl (C=O) groups is 2. The van der Waals surface area contributed by atoms with E-state index in [1.54, 1.807) is 42.3 Å². The van der Waals surface area contributed by atoms with Gasteiger partial charge in [0.15, 0.2) is 0 Å². The van der Waals surface area contributed by atoms with Crippen molar-refractivity contribution in [2.75, 3.05) is 30.8 Å². The van der Waals surface area contributed by atoms with Gasteiger partial charge in [0.25, 0.3) is 0 Å². The number of amides is 2. The number of hydrogen-bond acceptors (Lipinski definition) is 5. The van der Waals surface area contributed by atoms with E-state index in [9.17, 15) is 18.0 Å². The lowest BCUT2D eigenvalue weighted by molar-refractivity contribution is -0.141. The van der Waals surface area contributed by atoms with Crippen molar-refractivity contribution in [3.8, 4) is 5.75 Å². The maximum Gasteiger partial charge on any atom is 0.243 e. The third-order valence-electron chi connectivity index (χ3n) is 6.91. The molecule has 0 heterocycles. The molecular formula is C32H40ClN3O5S. The van der Waals surface area contributed by atoms with Gasteiger partial charge in [-0.3, -0.25) is 13.9 Å². The van der Waals surface area contributed by atoms with Crippen molar-refractivity contribution in [3.63, 3.8) is 0 Å². The van der Waals surface area contributed by atoms with Gasteiger partial charge in [0.2, 0.25) is 21.8 Å². The molecule has 0 unspecified atom stereocenters. The summed E-state index contributed by atoms with van der Waals surface area (Å²) in [5, 5.41) is 3.50. The molecule has 0 aliphatic rings. The van der Waals surface area contributed by atoms with Gasteiger partial charge in [0.05, 0.1) is 19.1 Å². The fourth-order valence-electron chi connectivity index (χ4n) is 4.62. The summed E-state index contributed by atoms with van der Waals surface area (Å²) in [4.78, 5) is 29.0. The molecule has 0 saturated carbocycles. The quantitative estimate of drug-likeness (QED) is 0.217. The Morgan fingerprint density at radius 1 is 0.952 bits per heavy atom. The Hall–Kier alpha value is -3.56. The predicted molar refractivity (Wildman–Crippen MR) is 168 cm³/mol. The van der Waals surface area contributed by atoms with Crippen LogP contribution in [0.1, 0.15) is 43.7 Å². The summed E-state index contributed by atoms with van der Waals surface area (Å²) in [6.45, 7) is 2.81. The zero-order valence-corrected chi connectivity index (χ0v) is 26.0. The summed E-state index contributed by atoms with van der Waals surface area (Å²) in [6, 6.07) is 22.8. The third-order valence-corrected chi connectivity index (χ3v) is 8.47. The first-order chi connectivity index (χ1) is 20.1. The zero-order chi connectivity index (χ0) is 30.5. The normalized spacial score (nSPS) is 11.9. The van der Waals surface area contributed by atoms with Crippen LogP contribution in [-0.2, 0) is 32.6 Å². The van der Waals surface area contributed by atoms with E-state index in [0.29, 0.717) is 29.4 Å². The van der Waals surface area contributed by atoms with Gasteiger partial charge >= 0.3 is 0 Å². The number of methoxy groups -OCH3 is 1. The third kappa shape index (κ3) is 9.77. The van der Waals surface area contributed by atoms with E-state index >= 15 is 0 Å². The largest absolute Gasteiger partial charge is 0.497 e. The van der Waals surface area contributed by atoms with Gasteiger partial charge in [0, 0.05) is 37.5 Å². The number of sulfonamides is 1. The second-order valence-corrected chi connectivity index (χ2v) is 12.4. The number of halogens is 1. The van der Waals surface area contributed by atoms with Gasteiger partial charge in [-0.15, -0.1) is 0 Å². The second-order valence-electron chi connectivity index (χ2n) is 10.1. The van der Waals surface area contributed by atoms with Gasteiger partial charge in [-0.05, 0) is 54.3 Å². The van der Waals surface area contributed by atoms with Crippen LogP contribution in [0.4, 0.5) is 5.69 Å². The van der Waals surface area contributed by atoms with Crippen LogP contribution < -0.4 is 14.4 Å². The molecule has 1 atom stereocenters. The van der Waals surface area contributed by atoms with E-state index < -0.39 is 16.1 Å². The first-order valence-corrected chi connectivity index (χ1v) is 16.3. The van der Waals surface area contributed by atoms with Crippen molar-refractivity contribution in [1.82, 2.24) is 10.2 Å². The summed E-state index contributed by atoms with van der Waals surface area (Å²) in [7, 11) is -2.07. The van der Waals surface area contributed by atoms with E-state index in [2.05, 4.69) is 5.32 Å². The van der Waals surface area contributed by atoms with Crippen LogP contribution in [0.5, 0.6) is 5.75 Å². The molecule has 0 radical (unpaired) electrons. The van der Waals surface area contributed by atoms with E-state index in [0.717, 1.165) is 30.2 Å². The number of anilines is 1. The minimum atomic E-state index is -3.61. The fourth-order valence-corrected chi connectivity index (χ4v) is 5.78. The number of carbonyl (C=O) groups excluding carboxylic acids is 2. The Labute approximate surface area is 254 Å². The summed E-state index contributed by atoms with van der Waals surface area (Å²) in [6.07, 6.45) is 3.52. The van der Waals surface area contributed by atoms with Crippen molar-refractivity contribution in [1.29, 1.82) is 0 Å². The van der Waals surface area contributed by atoms with Crippen molar-refractivity contribution in [3.05, 3.63) is 95.0 Å². The Kier molecular flexibility index (Phi) is 12.7. The van der Waals surface area contributed by atoms with Gasteiger partial charge in [-0.2, -0.15) is 0 Å². The molecule has 0 aromatic heterocycles. The van der Waals surface area contributed by atoms with Crippen LogP contribution in [0.15, 0.2) is 78.9 Å². The van der Waals surface area contributed by atoms with Crippen LogP contribution >= 0.6 is 11.6 Å². The smallest absolute Gasteiger partial charge is 0.243 e. The van der Waals surface area contributed by atoms with E-state index in [4.69, 9.17) is 16.3 Å². The predicted octanol–water partition coefficient (Wildman–Crippen LogP) is 5.45. The van der Waals surface area contributed by atoms with Gasteiger partial charge in [-0.25, -0.2) is 8.42 Å². The number of unbranched alkanes of at least 4 members (excludes halogenated alkanes) is 1. The standard InChI is InChI=1S/C32H40ClN3O5S/c1-4-5-21-34-32(38)30(23-25-12-7-6-8-13-25)35(24-26-14-9-10-15-29(26)33)31(37)16-11-22-36(42(3,39)40)27-17-19-28(41-2)20-18-27/h6-10,12-15,17-20,30H,4-5,11,16,21-24H2,1-3H3,(H,34,38)/t30-/m1/s1. The average molecular weight is 614 g/mol. The molecule has 42 heavy (non-hydrogen) atoms. The van der Waals surface area contributed by atoms with E-state index in [-0.39, 0.29) is 37.7 Å². The van der Waals surface area contributed by atoms with Gasteiger partial charge in [0.1, 0.15) is 11.8 Å². The molecule has 8 nitrogen and oxygen atoms in total. The van der Waals surface area contributed by atoms with Crippen molar-refractivity contribution in [2.45, 2.75) is 51.6 Å². The number of benzene rings is 3. The number of hydrogen-bond donors (Lipinski definition) is 1. The van der Waals surface area contributed by atoms with Crippen molar-refractivity contribution in [2.24, 2.45) is 0 Å². The van der Waals surface area contributed by atoms with E-state index in [1.165, 1.54) is 4.31 Å². The van der Waals surface area contributed by atoms with Crippen LogP contribution in [0.2, 0.25) is 5.02 Å². The highest BCUT2D eigenvalue weighted by molar-refractivity contribution is 7.92. The molecular weight excluding hydrogens is 574 g/mol. The lowest BCUT2D eigenvalue weighted by Gasteiger charge is -2.32. The highest BCUT2D eigenvalue weighted by Gasteiger charge is 2.31. The molecule has 3 rings (SSSR count). The number of rotatable bonds is 16. The molecule has 3 aromatic carbocycles. The molecule has 3 aromatic rings. The zero-order valence-electron chi connectivity index (χ0n) is 24.5. The molecule has 226 valence electrons. The summed E-state index contributed by atoms with van der Waals surface area (Å²) in [5.74, 6) is 0.118. The molecule has 2 amide bonds. The first kappa shape index (κ1) is 32.9. The minimum absolute atomic E-state index is 0.0418. The Bertz CT molecular complexity index is 1400. The lowest BCUT2D eigenvalue weighted by atomic mass is 10.0. The summed E-state index contributed by atoms with van der Waals surface area (Å²) in [5.41, 5.74) is 2.13. The number of nitrogens with one attached hydrogen (secondary N) is 1. The Morgan fingerprint density at radius 3 is 2.24 bits per heavy atom. The molecule has 0 aliphatic carbocycles. The molecule has 0 saturated heterocycles. The topological polar surface area (TPSA) is 96.0 Å². The monoisotopic (exact) mass is 613 g/mol. The van der Waals surface area contributed by atoms with Crippen molar-refractivity contribution < 1.29 is 22.7 Å². The lowest BCUT2D eigenvalue weighted by Crippen LogP contribution is -2.50. The highest BCUT2D eigenvalue weighted by Crippen LogP contribution is 2.24. The maximum atomic E-state index is 13.9. The van der Waals surface area contributed by atoms with Gasteiger partial charge < -0.3 is 15.0 Å². The average Bonchev–Trinajstić information content (AvgIpc) is 2.98. The second kappa shape index (κ2) is 16.2. The fraction of sp³-hybridized carbons (Fsp3) is 0.375. The summed E-state index contributed by atoms with van der Waals surface area (Å²) >= 11 is 6.48. The number of nitrogens with zero attached hydrogens (tertiary/aromatic N) is 2. The van der Waals surface area contributed by atoms with Gasteiger partial charge in [-0.1, -0.05) is 73.5 Å². The van der Waals surface area contributed by atoms with Crippen molar-refractivity contribution >= 4 is 39.1 Å². The molecule has 1 N–H and O–H groups in total. The highest BCUT2D eigenvalue weighted by atomic mass is 35.5. The molecule has 0 spiro atoms. The SMILES string of the molecule is CCCCNC(=O)[C@@H](Cc1ccccc1)N(Cc1ccccc1Cl)C(=O)CCCN(c1ccc(OC)cc1)S(C)(=O)=O. The maximum absolute atomic E-state index is 13.9. The summed E-state index contributed by atoms with van der Waals surface area (Å²) < 4.78 is 31.7. The molecule has 0 fully saturated rings. The first-order valence-electron chi connectivity index (χ1n) is 14.1. The van der Waals surface area contributed by atoms with Crippen LogP contribution in [-0.4, -0.2) is 57.6 Å². The van der Waals surface area contributed by atoms with E-state index in [1.807, 2.05) is 55.5 Å². The Balaban J connectivity index is 1.87. The van der Waals surface area contributed by atoms with Crippen LogP contribution in [0.3, 0.4) is 0 Å². The number of ether oxygens (including phenoxy) is 1. The van der Waals surface area contributed by atoms with Crippen LogP contribution in [0.25, 0.3) is 0 Å². The van der Waals surface area contributed by atoms with Crippen LogP contribution in [0, 0.1) is 0 Å². The minimum Gasteiger partial charge on any atom is -0.497 e. The molecule has 10 heteroatoms.